The van der Waals surface area contributed by atoms with Gasteiger partial charge in [-0.2, -0.15) is 5.10 Å². The second-order valence-electron chi connectivity index (χ2n) is 9.25. The van der Waals surface area contributed by atoms with Gasteiger partial charge in [-0.3, -0.25) is 14.3 Å². The SMILES string of the molecule is Cn1cc2c(n1)C(C(=O)N1CCN(c3ccc(F)cc3)CC1)CN(C(=O)C1CCCC1)C2. The maximum atomic E-state index is 13.6. The molecular weight excluding hydrogens is 409 g/mol. The van der Waals surface area contributed by atoms with Gasteiger partial charge >= 0.3 is 0 Å². The lowest BCUT2D eigenvalue weighted by atomic mass is 9.93. The minimum Gasteiger partial charge on any atom is -0.368 e. The van der Waals surface area contributed by atoms with E-state index in [1.807, 2.05) is 23.0 Å². The first-order chi connectivity index (χ1) is 15.5. The van der Waals surface area contributed by atoms with E-state index in [4.69, 9.17) is 0 Å². The number of anilines is 1. The molecule has 2 fully saturated rings. The Morgan fingerprint density at radius 3 is 2.34 bits per heavy atom. The van der Waals surface area contributed by atoms with Crippen molar-refractivity contribution in [3.05, 3.63) is 47.5 Å². The van der Waals surface area contributed by atoms with Crippen molar-refractivity contribution >= 4 is 17.5 Å². The number of aryl methyl sites for hydroxylation is 1. The van der Waals surface area contributed by atoms with Crippen molar-refractivity contribution in [2.75, 3.05) is 37.6 Å². The van der Waals surface area contributed by atoms with Crippen molar-refractivity contribution in [1.82, 2.24) is 19.6 Å². The van der Waals surface area contributed by atoms with Gasteiger partial charge in [0.1, 0.15) is 11.7 Å². The van der Waals surface area contributed by atoms with Gasteiger partial charge < -0.3 is 14.7 Å². The maximum absolute atomic E-state index is 13.6. The van der Waals surface area contributed by atoms with Gasteiger partial charge in [-0.25, -0.2) is 4.39 Å². The molecule has 1 unspecified atom stereocenters. The van der Waals surface area contributed by atoms with Crippen LogP contribution in [0.4, 0.5) is 10.1 Å². The molecule has 32 heavy (non-hydrogen) atoms. The van der Waals surface area contributed by atoms with Crippen LogP contribution in [-0.4, -0.2) is 64.1 Å². The Labute approximate surface area is 187 Å². The summed E-state index contributed by atoms with van der Waals surface area (Å²) in [5.41, 5.74) is 2.76. The molecule has 1 aromatic carbocycles. The number of benzene rings is 1. The maximum Gasteiger partial charge on any atom is 0.233 e. The molecule has 1 saturated carbocycles. The Morgan fingerprint density at radius 2 is 1.66 bits per heavy atom. The first-order valence-corrected chi connectivity index (χ1v) is 11.6. The van der Waals surface area contributed by atoms with Crippen molar-refractivity contribution < 1.29 is 14.0 Å². The molecule has 2 amide bonds. The van der Waals surface area contributed by atoms with E-state index in [9.17, 15) is 14.0 Å². The molecule has 170 valence electrons. The number of hydrogen-bond acceptors (Lipinski definition) is 4. The van der Waals surface area contributed by atoms with Gasteiger partial charge in [0.05, 0.1) is 5.69 Å². The van der Waals surface area contributed by atoms with E-state index in [0.717, 1.165) is 42.6 Å². The molecule has 2 aromatic rings. The van der Waals surface area contributed by atoms with Gasteiger partial charge in [0.15, 0.2) is 0 Å². The Bertz CT molecular complexity index is 990. The third-order valence-corrected chi connectivity index (χ3v) is 7.13. The normalized spacial score (nSPS) is 21.7. The molecule has 0 bridgehead atoms. The number of fused-ring (bicyclic) bond motifs is 1. The molecular formula is C24H30FN5O2. The van der Waals surface area contributed by atoms with Gasteiger partial charge in [-0.15, -0.1) is 0 Å². The van der Waals surface area contributed by atoms with E-state index in [-0.39, 0.29) is 23.5 Å². The number of halogens is 1. The summed E-state index contributed by atoms with van der Waals surface area (Å²) in [6, 6.07) is 6.49. The highest BCUT2D eigenvalue weighted by molar-refractivity contribution is 5.86. The average Bonchev–Trinajstić information content (AvgIpc) is 3.47. The molecule has 0 N–H and O–H groups in total. The third-order valence-electron chi connectivity index (χ3n) is 7.13. The van der Waals surface area contributed by atoms with Crippen molar-refractivity contribution in [3.63, 3.8) is 0 Å². The fourth-order valence-electron chi connectivity index (χ4n) is 5.40. The number of hydrogen-bond donors (Lipinski definition) is 0. The lowest BCUT2D eigenvalue weighted by Crippen LogP contribution is -2.52. The van der Waals surface area contributed by atoms with E-state index in [1.54, 1.807) is 16.8 Å². The van der Waals surface area contributed by atoms with Gasteiger partial charge in [0.25, 0.3) is 0 Å². The second kappa shape index (κ2) is 8.56. The minimum atomic E-state index is -0.414. The summed E-state index contributed by atoms with van der Waals surface area (Å²) in [5.74, 6) is -0.322. The number of piperazine rings is 1. The summed E-state index contributed by atoms with van der Waals surface area (Å²) >= 11 is 0. The van der Waals surface area contributed by atoms with Crippen LogP contribution in [0.3, 0.4) is 0 Å². The highest BCUT2D eigenvalue weighted by Crippen LogP contribution is 2.33. The lowest BCUT2D eigenvalue weighted by Gasteiger charge is -2.39. The first kappa shape index (κ1) is 21.0. The molecule has 1 saturated heterocycles. The predicted octanol–water partition coefficient (Wildman–Crippen LogP) is 2.52. The summed E-state index contributed by atoms with van der Waals surface area (Å²) in [6.45, 7) is 3.56. The standard InChI is InChI=1S/C24H30FN5O2/c1-27-14-18-15-30(23(31)17-4-2-3-5-17)16-21(22(18)26-27)24(32)29-12-10-28(11-13-29)20-8-6-19(25)7-9-20/h6-9,14,17,21H,2-5,10-13,15-16H2,1H3. The second-order valence-corrected chi connectivity index (χ2v) is 9.25. The van der Waals surface area contributed by atoms with Gasteiger partial charge in [-0.1, -0.05) is 12.8 Å². The molecule has 2 aliphatic heterocycles. The van der Waals surface area contributed by atoms with Crippen molar-refractivity contribution in [2.45, 2.75) is 38.1 Å². The highest BCUT2D eigenvalue weighted by Gasteiger charge is 2.39. The van der Waals surface area contributed by atoms with Crippen LogP contribution in [0.25, 0.3) is 0 Å². The van der Waals surface area contributed by atoms with E-state index in [2.05, 4.69) is 10.00 Å². The van der Waals surface area contributed by atoms with Crippen LogP contribution in [-0.2, 0) is 23.2 Å². The van der Waals surface area contributed by atoms with Crippen LogP contribution in [0.5, 0.6) is 0 Å². The Morgan fingerprint density at radius 1 is 0.969 bits per heavy atom. The number of carbonyl (C=O) groups excluding carboxylic acids is 2. The van der Waals surface area contributed by atoms with Crippen molar-refractivity contribution in [1.29, 1.82) is 0 Å². The lowest BCUT2D eigenvalue weighted by molar-refractivity contribution is -0.139. The van der Waals surface area contributed by atoms with Crippen molar-refractivity contribution in [2.24, 2.45) is 13.0 Å². The number of nitrogens with zero attached hydrogens (tertiary/aromatic N) is 5. The zero-order chi connectivity index (χ0) is 22.2. The average molecular weight is 440 g/mol. The largest absolute Gasteiger partial charge is 0.368 e. The third kappa shape index (κ3) is 3.98. The molecule has 3 aliphatic rings. The van der Waals surface area contributed by atoms with Crippen LogP contribution >= 0.6 is 0 Å². The van der Waals surface area contributed by atoms with Crippen LogP contribution in [0.15, 0.2) is 30.5 Å². The van der Waals surface area contributed by atoms with Crippen LogP contribution in [0.1, 0.15) is 42.9 Å². The van der Waals surface area contributed by atoms with Gasteiger partial charge in [0, 0.05) is 69.7 Å². The van der Waals surface area contributed by atoms with E-state index in [1.165, 1.54) is 12.1 Å². The topological polar surface area (TPSA) is 61.7 Å². The summed E-state index contributed by atoms with van der Waals surface area (Å²) in [5, 5.41) is 4.60. The fourth-order valence-corrected chi connectivity index (χ4v) is 5.40. The van der Waals surface area contributed by atoms with Crippen LogP contribution in [0.2, 0.25) is 0 Å². The Hall–Kier alpha value is -2.90. The molecule has 1 aromatic heterocycles. The predicted molar refractivity (Wildman–Crippen MR) is 119 cm³/mol. The summed E-state index contributed by atoms with van der Waals surface area (Å²) in [6.07, 6.45) is 6.08. The quantitative estimate of drug-likeness (QED) is 0.738. The highest BCUT2D eigenvalue weighted by atomic mass is 19.1. The summed E-state index contributed by atoms with van der Waals surface area (Å²) < 4.78 is 15.0. The number of rotatable bonds is 3. The summed E-state index contributed by atoms with van der Waals surface area (Å²) in [7, 11) is 1.87. The van der Waals surface area contributed by atoms with Crippen LogP contribution < -0.4 is 4.90 Å². The van der Waals surface area contributed by atoms with E-state index >= 15 is 0 Å². The first-order valence-electron chi connectivity index (χ1n) is 11.6. The number of amides is 2. The fraction of sp³-hybridized carbons (Fsp3) is 0.542. The molecule has 3 heterocycles. The Kier molecular flexibility index (Phi) is 5.61. The molecule has 0 spiro atoms. The Balaban J connectivity index is 1.30. The summed E-state index contributed by atoms with van der Waals surface area (Å²) in [4.78, 5) is 32.7. The van der Waals surface area contributed by atoms with E-state index in [0.29, 0.717) is 39.3 Å². The van der Waals surface area contributed by atoms with Gasteiger partial charge in [0.2, 0.25) is 11.8 Å². The zero-order valence-electron chi connectivity index (χ0n) is 18.5. The smallest absolute Gasteiger partial charge is 0.233 e. The monoisotopic (exact) mass is 439 g/mol. The molecule has 8 heteroatoms. The van der Waals surface area contributed by atoms with Crippen molar-refractivity contribution in [3.8, 4) is 0 Å². The minimum absolute atomic E-state index is 0.0487. The molecule has 1 atom stereocenters. The molecule has 7 nitrogen and oxygen atoms in total. The van der Waals surface area contributed by atoms with Crippen LogP contribution in [0, 0.1) is 11.7 Å². The molecule has 1 aliphatic carbocycles. The molecule has 0 radical (unpaired) electrons. The zero-order valence-corrected chi connectivity index (χ0v) is 18.5. The number of aromatic nitrogens is 2. The van der Waals surface area contributed by atoms with E-state index < -0.39 is 5.92 Å². The van der Waals surface area contributed by atoms with Gasteiger partial charge in [-0.05, 0) is 37.1 Å². The molecule has 5 rings (SSSR count). The number of carbonyl (C=O) groups is 2.